The van der Waals surface area contributed by atoms with Crippen LogP contribution in [0.4, 0.5) is 17.6 Å². The molecule has 0 saturated heterocycles. The summed E-state index contributed by atoms with van der Waals surface area (Å²) in [6.45, 7) is 1.73. The van der Waals surface area contributed by atoms with Crippen molar-refractivity contribution in [2.75, 3.05) is 0 Å². The lowest BCUT2D eigenvalue weighted by Crippen LogP contribution is -2.12. The lowest BCUT2D eigenvalue weighted by molar-refractivity contribution is -0.140. The van der Waals surface area contributed by atoms with Gasteiger partial charge in [0, 0.05) is 12.3 Å². The van der Waals surface area contributed by atoms with E-state index >= 15 is 0 Å². The second-order valence-electron chi connectivity index (χ2n) is 4.64. The van der Waals surface area contributed by atoms with Gasteiger partial charge in [-0.2, -0.15) is 13.2 Å². The third kappa shape index (κ3) is 2.26. The Morgan fingerprint density at radius 1 is 1.28 bits per heavy atom. The fourth-order valence-electron chi connectivity index (χ4n) is 2.45. The molecule has 0 N–H and O–H groups in total. The second kappa shape index (κ2) is 4.37. The van der Waals surface area contributed by atoms with Crippen molar-refractivity contribution in [3.63, 3.8) is 0 Å². The zero-order valence-electron chi connectivity index (χ0n) is 9.72. The molecule has 0 amide bonds. The van der Waals surface area contributed by atoms with Crippen LogP contribution in [-0.4, -0.2) is 5.78 Å². The summed E-state index contributed by atoms with van der Waals surface area (Å²) >= 11 is 0. The number of carbonyl (C=O) groups excluding carboxylic acids is 1. The van der Waals surface area contributed by atoms with Gasteiger partial charge in [-0.3, -0.25) is 4.79 Å². The molecule has 0 spiro atoms. The number of carbonyl (C=O) groups is 1. The van der Waals surface area contributed by atoms with Crippen molar-refractivity contribution in [3.8, 4) is 0 Å². The lowest BCUT2D eigenvalue weighted by Gasteiger charge is -2.16. The van der Waals surface area contributed by atoms with Crippen molar-refractivity contribution >= 4 is 5.78 Å². The van der Waals surface area contributed by atoms with Gasteiger partial charge < -0.3 is 0 Å². The van der Waals surface area contributed by atoms with E-state index in [4.69, 9.17) is 0 Å². The number of rotatable bonds is 1. The van der Waals surface area contributed by atoms with Gasteiger partial charge in [-0.15, -0.1) is 0 Å². The highest BCUT2D eigenvalue weighted by Crippen LogP contribution is 2.39. The number of Topliss-reactive ketones (excluding diaryl/α,β-unsaturated/α-hetero) is 1. The summed E-state index contributed by atoms with van der Waals surface area (Å²) in [7, 11) is 0. The van der Waals surface area contributed by atoms with Gasteiger partial charge in [0.25, 0.3) is 0 Å². The van der Waals surface area contributed by atoms with Crippen LogP contribution < -0.4 is 0 Å². The molecule has 1 aliphatic carbocycles. The molecule has 1 nitrogen and oxygen atoms in total. The molecule has 0 heterocycles. The molecule has 98 valence electrons. The van der Waals surface area contributed by atoms with Crippen LogP contribution in [-0.2, 0) is 11.0 Å². The van der Waals surface area contributed by atoms with Gasteiger partial charge >= 0.3 is 6.18 Å². The monoisotopic (exact) mass is 260 g/mol. The first-order valence-electron chi connectivity index (χ1n) is 5.70. The number of benzene rings is 1. The first-order chi connectivity index (χ1) is 8.30. The van der Waals surface area contributed by atoms with Crippen molar-refractivity contribution in [3.05, 3.63) is 35.1 Å². The smallest absolute Gasteiger partial charge is 0.299 e. The third-order valence-corrected chi connectivity index (χ3v) is 3.54. The van der Waals surface area contributed by atoms with Crippen LogP contribution in [0.5, 0.6) is 0 Å². The second-order valence-corrected chi connectivity index (χ2v) is 4.64. The van der Waals surface area contributed by atoms with Crippen molar-refractivity contribution in [1.82, 2.24) is 0 Å². The van der Waals surface area contributed by atoms with Crippen LogP contribution in [0, 0.1) is 11.7 Å². The summed E-state index contributed by atoms with van der Waals surface area (Å²) in [5.41, 5.74) is -0.790. The van der Waals surface area contributed by atoms with Crippen LogP contribution in [0.2, 0.25) is 0 Å². The van der Waals surface area contributed by atoms with Crippen LogP contribution in [0.25, 0.3) is 0 Å². The standard InChI is InChI=1S/C13H12F4O/c1-7-9(3-5-12(7)18)8-2-4-10(11(14)6-8)13(15,16)17/h2,4,6-7,9H,3,5H2,1H3. The molecule has 2 rings (SSSR count). The Hall–Kier alpha value is -1.39. The fourth-order valence-corrected chi connectivity index (χ4v) is 2.45. The van der Waals surface area contributed by atoms with Gasteiger partial charge in [-0.25, -0.2) is 4.39 Å². The highest BCUT2D eigenvalue weighted by molar-refractivity contribution is 5.84. The molecular weight excluding hydrogens is 248 g/mol. The van der Waals surface area contributed by atoms with E-state index in [-0.39, 0.29) is 17.6 Å². The molecule has 5 heteroatoms. The Labute approximate surface area is 102 Å². The maximum absolute atomic E-state index is 13.4. The van der Waals surface area contributed by atoms with Crippen LogP contribution >= 0.6 is 0 Å². The molecule has 1 aromatic rings. The molecular formula is C13H12F4O. The van der Waals surface area contributed by atoms with E-state index < -0.39 is 17.6 Å². The maximum Gasteiger partial charge on any atom is 0.419 e. The van der Waals surface area contributed by atoms with Crippen LogP contribution in [0.3, 0.4) is 0 Å². The third-order valence-electron chi connectivity index (χ3n) is 3.54. The summed E-state index contributed by atoms with van der Waals surface area (Å²) in [5, 5.41) is 0. The van der Waals surface area contributed by atoms with Crippen molar-refractivity contribution < 1.29 is 22.4 Å². The molecule has 2 atom stereocenters. The summed E-state index contributed by atoms with van der Waals surface area (Å²) in [6, 6.07) is 2.93. The van der Waals surface area contributed by atoms with Crippen molar-refractivity contribution in [1.29, 1.82) is 0 Å². The Kier molecular flexibility index (Phi) is 3.17. The first-order valence-corrected chi connectivity index (χ1v) is 5.70. The number of hydrogen-bond acceptors (Lipinski definition) is 1. The average Bonchev–Trinajstić information content (AvgIpc) is 2.58. The molecule has 0 aromatic heterocycles. The van der Waals surface area contributed by atoms with Crippen LogP contribution in [0.1, 0.15) is 36.8 Å². The van der Waals surface area contributed by atoms with E-state index in [1.165, 1.54) is 6.07 Å². The highest BCUT2D eigenvalue weighted by Gasteiger charge is 2.36. The minimum Gasteiger partial charge on any atom is -0.299 e. The number of hydrogen-bond donors (Lipinski definition) is 0. The molecule has 1 aliphatic rings. The number of alkyl halides is 3. The summed E-state index contributed by atoms with van der Waals surface area (Å²) < 4.78 is 50.6. The van der Waals surface area contributed by atoms with Gasteiger partial charge in [0.2, 0.25) is 0 Å². The maximum atomic E-state index is 13.4. The Balaban J connectivity index is 2.33. The zero-order valence-corrected chi connectivity index (χ0v) is 9.72. The zero-order chi connectivity index (χ0) is 13.5. The molecule has 0 aliphatic heterocycles. The summed E-state index contributed by atoms with van der Waals surface area (Å²) in [4.78, 5) is 11.4. The summed E-state index contributed by atoms with van der Waals surface area (Å²) in [5.74, 6) is -1.61. The van der Waals surface area contributed by atoms with Gasteiger partial charge in [0.15, 0.2) is 0 Å². The van der Waals surface area contributed by atoms with E-state index in [9.17, 15) is 22.4 Å². The summed E-state index contributed by atoms with van der Waals surface area (Å²) in [6.07, 6.45) is -3.70. The van der Waals surface area contributed by atoms with Gasteiger partial charge in [-0.1, -0.05) is 13.0 Å². The SMILES string of the molecule is CC1C(=O)CCC1c1ccc(C(F)(F)F)c(F)c1. The van der Waals surface area contributed by atoms with E-state index in [0.29, 0.717) is 18.4 Å². The molecule has 1 aromatic carbocycles. The molecule has 1 fully saturated rings. The van der Waals surface area contributed by atoms with Gasteiger partial charge in [0.1, 0.15) is 11.6 Å². The number of ketones is 1. The van der Waals surface area contributed by atoms with Gasteiger partial charge in [0.05, 0.1) is 5.56 Å². The normalized spacial score (nSPS) is 24.6. The van der Waals surface area contributed by atoms with Gasteiger partial charge in [-0.05, 0) is 30.0 Å². The van der Waals surface area contributed by atoms with E-state index in [1.54, 1.807) is 6.92 Å². The predicted molar refractivity (Wildman–Crippen MR) is 57.5 cm³/mol. The Bertz CT molecular complexity index is 478. The predicted octanol–water partition coefficient (Wildman–Crippen LogP) is 3.93. The fraction of sp³-hybridized carbons (Fsp3) is 0.462. The molecule has 2 unspecified atom stereocenters. The molecule has 0 bridgehead atoms. The lowest BCUT2D eigenvalue weighted by atomic mass is 9.89. The highest BCUT2D eigenvalue weighted by atomic mass is 19.4. The van der Waals surface area contributed by atoms with Crippen molar-refractivity contribution in [2.45, 2.75) is 31.9 Å². The number of halogens is 4. The minimum absolute atomic E-state index is 0.0836. The molecule has 18 heavy (non-hydrogen) atoms. The van der Waals surface area contributed by atoms with Crippen molar-refractivity contribution in [2.24, 2.45) is 5.92 Å². The van der Waals surface area contributed by atoms with E-state index in [0.717, 1.165) is 12.1 Å². The first kappa shape index (κ1) is 13.1. The topological polar surface area (TPSA) is 17.1 Å². The largest absolute Gasteiger partial charge is 0.419 e. The van der Waals surface area contributed by atoms with E-state index in [2.05, 4.69) is 0 Å². The quantitative estimate of drug-likeness (QED) is 0.699. The Morgan fingerprint density at radius 3 is 2.39 bits per heavy atom. The minimum atomic E-state index is -4.68. The average molecular weight is 260 g/mol. The van der Waals surface area contributed by atoms with Crippen LogP contribution in [0.15, 0.2) is 18.2 Å². The molecule has 1 saturated carbocycles. The molecule has 0 radical (unpaired) electrons. The Morgan fingerprint density at radius 2 is 1.94 bits per heavy atom. The van der Waals surface area contributed by atoms with E-state index in [1.807, 2.05) is 0 Å².